The van der Waals surface area contributed by atoms with Crippen LogP contribution in [0.25, 0.3) is 0 Å². The number of ether oxygens (including phenoxy) is 1. The maximum Gasteiger partial charge on any atom is 0.243 e. The number of hydrogen-bond acceptors (Lipinski definition) is 3. The topological polar surface area (TPSA) is 46.6 Å². The Kier molecular flexibility index (Phi) is 5.09. The Morgan fingerprint density at radius 2 is 2.00 bits per heavy atom. The first-order valence-corrected chi connectivity index (χ1v) is 9.11. The summed E-state index contributed by atoms with van der Waals surface area (Å²) >= 11 is 3.37. The molecule has 1 aromatic carbocycles. The fourth-order valence-electron chi connectivity index (χ4n) is 2.28. The summed E-state index contributed by atoms with van der Waals surface area (Å²) in [6, 6.07) is 4.95. The van der Waals surface area contributed by atoms with Gasteiger partial charge in [-0.15, -0.1) is 0 Å². The molecule has 0 unspecified atom stereocenters. The van der Waals surface area contributed by atoms with Crippen molar-refractivity contribution in [3.63, 3.8) is 0 Å². The van der Waals surface area contributed by atoms with Gasteiger partial charge >= 0.3 is 0 Å². The molecule has 0 aliphatic carbocycles. The van der Waals surface area contributed by atoms with Crippen molar-refractivity contribution in [2.24, 2.45) is 5.92 Å². The molecule has 0 bridgehead atoms. The van der Waals surface area contributed by atoms with Crippen molar-refractivity contribution in [1.82, 2.24) is 4.31 Å². The van der Waals surface area contributed by atoms with E-state index in [1.54, 1.807) is 22.5 Å². The molecule has 112 valence electrons. The molecule has 0 saturated carbocycles. The van der Waals surface area contributed by atoms with Gasteiger partial charge < -0.3 is 4.74 Å². The Labute approximate surface area is 129 Å². The normalized spacial score (nSPS) is 18.1. The number of piperidine rings is 1. The molecule has 1 aliphatic rings. The third-order valence-electron chi connectivity index (χ3n) is 3.58. The number of halogens is 1. The molecule has 0 atom stereocenters. The minimum atomic E-state index is -3.41. The summed E-state index contributed by atoms with van der Waals surface area (Å²) in [4.78, 5) is 0.304. The first kappa shape index (κ1) is 15.8. The lowest BCUT2D eigenvalue weighted by Crippen LogP contribution is -2.37. The number of hydrogen-bond donors (Lipinski definition) is 0. The Morgan fingerprint density at radius 3 is 2.60 bits per heavy atom. The molecule has 1 heterocycles. The third-order valence-corrected chi connectivity index (χ3v) is 6.13. The molecule has 1 aliphatic heterocycles. The summed E-state index contributed by atoms with van der Waals surface area (Å²) in [6.45, 7) is 5.74. The number of sulfonamides is 1. The van der Waals surface area contributed by atoms with E-state index in [2.05, 4.69) is 22.9 Å². The van der Waals surface area contributed by atoms with Crippen molar-refractivity contribution in [2.45, 2.75) is 31.6 Å². The third kappa shape index (κ3) is 3.35. The van der Waals surface area contributed by atoms with Gasteiger partial charge in [-0.1, -0.05) is 6.92 Å². The van der Waals surface area contributed by atoms with Gasteiger partial charge in [0, 0.05) is 19.2 Å². The van der Waals surface area contributed by atoms with Crippen LogP contribution < -0.4 is 4.74 Å². The monoisotopic (exact) mass is 361 g/mol. The van der Waals surface area contributed by atoms with E-state index in [1.165, 1.54) is 0 Å². The lowest BCUT2D eigenvalue weighted by molar-refractivity contribution is 0.287. The van der Waals surface area contributed by atoms with E-state index in [0.29, 0.717) is 36.3 Å². The molecule has 0 N–H and O–H groups in total. The summed E-state index contributed by atoms with van der Waals surface area (Å²) in [6.07, 6.45) is 1.85. The van der Waals surface area contributed by atoms with Gasteiger partial charge in [0.1, 0.15) is 5.75 Å². The second kappa shape index (κ2) is 6.45. The van der Waals surface area contributed by atoms with Crippen molar-refractivity contribution in [3.8, 4) is 5.75 Å². The smallest absolute Gasteiger partial charge is 0.243 e. The summed E-state index contributed by atoms with van der Waals surface area (Å²) in [5, 5.41) is 0. The van der Waals surface area contributed by atoms with Crippen LogP contribution in [-0.4, -0.2) is 32.4 Å². The quantitative estimate of drug-likeness (QED) is 0.826. The van der Waals surface area contributed by atoms with Gasteiger partial charge in [0.2, 0.25) is 10.0 Å². The molecule has 0 aromatic heterocycles. The zero-order valence-electron chi connectivity index (χ0n) is 11.8. The minimum absolute atomic E-state index is 0.304. The van der Waals surface area contributed by atoms with Crippen LogP contribution in [0.5, 0.6) is 5.75 Å². The van der Waals surface area contributed by atoms with E-state index in [-0.39, 0.29) is 0 Å². The van der Waals surface area contributed by atoms with Crippen molar-refractivity contribution in [1.29, 1.82) is 0 Å². The predicted octanol–water partition coefficient (Wildman–Crippen LogP) is 3.27. The Balaban J connectivity index is 2.27. The van der Waals surface area contributed by atoms with E-state index >= 15 is 0 Å². The van der Waals surface area contributed by atoms with Gasteiger partial charge in [-0.05, 0) is 53.7 Å². The lowest BCUT2D eigenvalue weighted by Gasteiger charge is -2.29. The number of benzene rings is 1. The minimum Gasteiger partial charge on any atom is -0.493 e. The molecule has 2 rings (SSSR count). The molecule has 0 radical (unpaired) electrons. The van der Waals surface area contributed by atoms with Crippen LogP contribution in [0.1, 0.15) is 26.7 Å². The van der Waals surface area contributed by atoms with Crippen molar-refractivity contribution >= 4 is 26.0 Å². The van der Waals surface area contributed by atoms with Crippen LogP contribution in [0.2, 0.25) is 0 Å². The predicted molar refractivity (Wildman–Crippen MR) is 82.5 cm³/mol. The zero-order chi connectivity index (χ0) is 14.8. The second-order valence-electron chi connectivity index (χ2n) is 5.11. The number of nitrogens with zero attached hydrogens (tertiary/aromatic N) is 1. The van der Waals surface area contributed by atoms with Gasteiger partial charge in [-0.3, -0.25) is 0 Å². The Morgan fingerprint density at radius 1 is 1.35 bits per heavy atom. The van der Waals surface area contributed by atoms with E-state index in [0.717, 1.165) is 17.3 Å². The summed E-state index contributed by atoms with van der Waals surface area (Å²) in [5.74, 6) is 1.17. The van der Waals surface area contributed by atoms with Crippen molar-refractivity contribution in [2.75, 3.05) is 19.7 Å². The van der Waals surface area contributed by atoms with Crippen LogP contribution in [0.15, 0.2) is 27.6 Å². The first-order valence-electron chi connectivity index (χ1n) is 6.87. The van der Waals surface area contributed by atoms with E-state index in [4.69, 9.17) is 4.74 Å². The fourth-order valence-corrected chi connectivity index (χ4v) is 4.13. The largest absolute Gasteiger partial charge is 0.493 e. The fraction of sp³-hybridized carbons (Fsp3) is 0.571. The lowest BCUT2D eigenvalue weighted by atomic mass is 10.0. The van der Waals surface area contributed by atoms with Gasteiger partial charge in [0.25, 0.3) is 0 Å². The summed E-state index contributed by atoms with van der Waals surface area (Å²) < 4.78 is 33.0. The highest BCUT2D eigenvalue weighted by atomic mass is 79.9. The van der Waals surface area contributed by atoms with Gasteiger partial charge in [-0.25, -0.2) is 8.42 Å². The second-order valence-corrected chi connectivity index (χ2v) is 7.90. The molecule has 1 saturated heterocycles. The molecular formula is C14H20BrNO3S. The maximum absolute atomic E-state index is 12.6. The molecule has 0 amide bonds. The van der Waals surface area contributed by atoms with E-state index < -0.39 is 10.0 Å². The highest BCUT2D eigenvalue weighted by Gasteiger charge is 2.28. The average molecular weight is 362 g/mol. The van der Waals surface area contributed by atoms with Crippen LogP contribution in [-0.2, 0) is 10.0 Å². The Hall–Kier alpha value is -0.590. The van der Waals surface area contributed by atoms with Crippen molar-refractivity contribution < 1.29 is 13.2 Å². The van der Waals surface area contributed by atoms with Crippen LogP contribution >= 0.6 is 15.9 Å². The van der Waals surface area contributed by atoms with Crippen molar-refractivity contribution in [3.05, 3.63) is 22.7 Å². The van der Waals surface area contributed by atoms with E-state index in [9.17, 15) is 8.42 Å². The molecule has 1 fully saturated rings. The standard InChI is InChI=1S/C14H20BrNO3S/c1-3-19-14-10-12(4-5-13(14)15)20(17,18)16-8-6-11(2)7-9-16/h4-5,10-11H,3,6-9H2,1-2H3. The molecule has 0 spiro atoms. The maximum atomic E-state index is 12.6. The number of rotatable bonds is 4. The molecular weight excluding hydrogens is 342 g/mol. The molecule has 4 nitrogen and oxygen atoms in total. The average Bonchev–Trinajstić information content (AvgIpc) is 2.42. The van der Waals surface area contributed by atoms with Gasteiger partial charge in [-0.2, -0.15) is 4.31 Å². The molecule has 20 heavy (non-hydrogen) atoms. The molecule has 1 aromatic rings. The first-order chi connectivity index (χ1) is 9.45. The highest BCUT2D eigenvalue weighted by molar-refractivity contribution is 9.10. The van der Waals surface area contributed by atoms with Gasteiger partial charge in [0.15, 0.2) is 0 Å². The zero-order valence-corrected chi connectivity index (χ0v) is 14.2. The molecule has 6 heteroatoms. The van der Waals surface area contributed by atoms with Crippen LogP contribution in [0, 0.1) is 5.92 Å². The SMILES string of the molecule is CCOc1cc(S(=O)(=O)N2CCC(C)CC2)ccc1Br. The van der Waals surface area contributed by atoms with Crippen LogP contribution in [0.3, 0.4) is 0 Å². The van der Waals surface area contributed by atoms with Crippen LogP contribution in [0.4, 0.5) is 0 Å². The van der Waals surface area contributed by atoms with E-state index in [1.807, 2.05) is 6.92 Å². The highest BCUT2D eigenvalue weighted by Crippen LogP contribution is 2.30. The van der Waals surface area contributed by atoms with Gasteiger partial charge in [0.05, 0.1) is 16.0 Å². The Bertz CT molecular complexity index is 566. The summed E-state index contributed by atoms with van der Waals surface area (Å²) in [7, 11) is -3.41. The summed E-state index contributed by atoms with van der Waals surface area (Å²) in [5.41, 5.74) is 0.